The summed E-state index contributed by atoms with van der Waals surface area (Å²) >= 11 is 3.44. The average Bonchev–Trinajstić information content (AvgIpc) is 2.42. The van der Waals surface area contributed by atoms with Crippen LogP contribution in [0.3, 0.4) is 0 Å². The SMILES string of the molecule is CCNC(c1cc(F)ccc1C)c1cc(F)ccc1Br. The minimum Gasteiger partial charge on any atom is -0.306 e. The number of aryl methyl sites for hydroxylation is 1. The minimum absolute atomic E-state index is 0.249. The standard InChI is InChI=1S/C16H16BrF2N/c1-3-20-16(13-8-11(18)5-4-10(13)2)14-9-12(19)6-7-15(14)17/h4-9,16,20H,3H2,1-2H3. The largest absolute Gasteiger partial charge is 0.306 e. The van der Waals surface area contributed by atoms with Gasteiger partial charge in [0.2, 0.25) is 0 Å². The second kappa shape index (κ2) is 6.46. The summed E-state index contributed by atoms with van der Waals surface area (Å²) in [6.07, 6.45) is 0. The second-order valence-electron chi connectivity index (χ2n) is 4.66. The fourth-order valence-corrected chi connectivity index (χ4v) is 2.73. The van der Waals surface area contributed by atoms with Gasteiger partial charge in [0.15, 0.2) is 0 Å². The molecule has 4 heteroatoms. The smallest absolute Gasteiger partial charge is 0.123 e. The Hall–Kier alpha value is -1.26. The fourth-order valence-electron chi connectivity index (χ4n) is 2.25. The molecule has 2 aromatic carbocycles. The molecule has 2 aromatic rings. The van der Waals surface area contributed by atoms with Crippen molar-refractivity contribution in [1.82, 2.24) is 5.32 Å². The molecule has 20 heavy (non-hydrogen) atoms. The molecule has 0 fully saturated rings. The van der Waals surface area contributed by atoms with E-state index in [9.17, 15) is 8.78 Å². The molecule has 0 aromatic heterocycles. The Morgan fingerprint density at radius 1 is 1.05 bits per heavy atom. The van der Waals surface area contributed by atoms with E-state index in [0.717, 1.165) is 21.2 Å². The first-order valence-corrected chi connectivity index (χ1v) is 7.26. The molecule has 0 heterocycles. The van der Waals surface area contributed by atoms with Gasteiger partial charge < -0.3 is 5.32 Å². The molecular formula is C16H16BrF2N. The highest BCUT2D eigenvalue weighted by atomic mass is 79.9. The molecule has 106 valence electrons. The molecule has 0 radical (unpaired) electrons. The van der Waals surface area contributed by atoms with Gasteiger partial charge in [0.25, 0.3) is 0 Å². The van der Waals surface area contributed by atoms with Crippen molar-refractivity contribution in [2.75, 3.05) is 6.54 Å². The maximum Gasteiger partial charge on any atom is 0.123 e. The van der Waals surface area contributed by atoms with Gasteiger partial charge in [-0.05, 0) is 60.5 Å². The summed E-state index contributed by atoms with van der Waals surface area (Å²) < 4.78 is 27.9. The molecule has 2 rings (SSSR count). The maximum absolute atomic E-state index is 13.5. The zero-order valence-electron chi connectivity index (χ0n) is 11.4. The summed E-state index contributed by atoms with van der Waals surface area (Å²) in [5.74, 6) is -0.596. The van der Waals surface area contributed by atoms with Gasteiger partial charge in [-0.25, -0.2) is 8.78 Å². The van der Waals surface area contributed by atoms with E-state index in [2.05, 4.69) is 21.2 Å². The third-order valence-corrected chi connectivity index (χ3v) is 3.95. The third kappa shape index (κ3) is 3.25. The number of hydrogen-bond donors (Lipinski definition) is 1. The topological polar surface area (TPSA) is 12.0 Å². The lowest BCUT2D eigenvalue weighted by Crippen LogP contribution is -2.23. The van der Waals surface area contributed by atoms with Gasteiger partial charge in [-0.15, -0.1) is 0 Å². The van der Waals surface area contributed by atoms with Gasteiger partial charge in [0.1, 0.15) is 11.6 Å². The van der Waals surface area contributed by atoms with Crippen LogP contribution in [0.2, 0.25) is 0 Å². The van der Waals surface area contributed by atoms with E-state index in [1.165, 1.54) is 24.3 Å². The Morgan fingerprint density at radius 3 is 2.30 bits per heavy atom. The molecule has 0 spiro atoms. The van der Waals surface area contributed by atoms with Crippen LogP contribution in [0.5, 0.6) is 0 Å². The van der Waals surface area contributed by atoms with Gasteiger partial charge in [0, 0.05) is 4.47 Å². The van der Waals surface area contributed by atoms with Crippen LogP contribution in [0.4, 0.5) is 8.78 Å². The van der Waals surface area contributed by atoms with E-state index >= 15 is 0 Å². The van der Waals surface area contributed by atoms with Crippen molar-refractivity contribution < 1.29 is 8.78 Å². The van der Waals surface area contributed by atoms with Crippen molar-refractivity contribution in [2.45, 2.75) is 19.9 Å². The van der Waals surface area contributed by atoms with E-state index in [1.807, 2.05) is 13.8 Å². The number of benzene rings is 2. The lowest BCUT2D eigenvalue weighted by molar-refractivity contribution is 0.589. The molecule has 1 atom stereocenters. The monoisotopic (exact) mass is 339 g/mol. The molecule has 1 unspecified atom stereocenters. The van der Waals surface area contributed by atoms with Crippen molar-refractivity contribution in [3.8, 4) is 0 Å². The molecule has 0 aliphatic heterocycles. The Bertz CT molecular complexity index is 562. The minimum atomic E-state index is -0.305. The summed E-state index contributed by atoms with van der Waals surface area (Å²) in [7, 11) is 0. The Kier molecular flexibility index (Phi) is 4.89. The highest BCUT2D eigenvalue weighted by Crippen LogP contribution is 2.31. The normalized spacial score (nSPS) is 12.4. The number of rotatable bonds is 4. The van der Waals surface area contributed by atoms with Crippen molar-refractivity contribution >= 4 is 15.9 Å². The number of nitrogens with one attached hydrogen (secondary N) is 1. The molecular weight excluding hydrogens is 324 g/mol. The molecule has 0 saturated heterocycles. The first-order valence-electron chi connectivity index (χ1n) is 6.47. The predicted molar refractivity (Wildman–Crippen MR) is 80.8 cm³/mol. The molecule has 1 N–H and O–H groups in total. The summed E-state index contributed by atoms with van der Waals surface area (Å²) in [6, 6.07) is 8.96. The zero-order valence-corrected chi connectivity index (χ0v) is 13.0. The van der Waals surface area contributed by atoms with Gasteiger partial charge >= 0.3 is 0 Å². The van der Waals surface area contributed by atoms with Gasteiger partial charge in [0.05, 0.1) is 6.04 Å². The van der Waals surface area contributed by atoms with Crippen LogP contribution < -0.4 is 5.32 Å². The first kappa shape index (κ1) is 15.1. The molecule has 0 amide bonds. The van der Waals surface area contributed by atoms with Crippen LogP contribution >= 0.6 is 15.9 Å². The second-order valence-corrected chi connectivity index (χ2v) is 5.51. The fraction of sp³-hybridized carbons (Fsp3) is 0.250. The van der Waals surface area contributed by atoms with E-state index in [1.54, 1.807) is 12.1 Å². The van der Waals surface area contributed by atoms with Crippen LogP contribution in [-0.2, 0) is 0 Å². The van der Waals surface area contributed by atoms with E-state index in [4.69, 9.17) is 0 Å². The van der Waals surface area contributed by atoms with Crippen LogP contribution in [0.1, 0.15) is 29.7 Å². The number of halogens is 3. The Balaban J connectivity index is 2.55. The highest BCUT2D eigenvalue weighted by molar-refractivity contribution is 9.10. The summed E-state index contributed by atoms with van der Waals surface area (Å²) in [5.41, 5.74) is 2.55. The van der Waals surface area contributed by atoms with Crippen molar-refractivity contribution in [2.24, 2.45) is 0 Å². The summed E-state index contributed by atoms with van der Waals surface area (Å²) in [5, 5.41) is 3.29. The summed E-state index contributed by atoms with van der Waals surface area (Å²) in [6.45, 7) is 4.59. The van der Waals surface area contributed by atoms with Crippen LogP contribution in [0.15, 0.2) is 40.9 Å². The average molecular weight is 340 g/mol. The van der Waals surface area contributed by atoms with Crippen molar-refractivity contribution in [3.05, 3.63) is 69.2 Å². The first-order chi connectivity index (χ1) is 9.52. The van der Waals surface area contributed by atoms with Crippen LogP contribution in [0.25, 0.3) is 0 Å². The molecule has 0 bridgehead atoms. The molecule has 0 saturated carbocycles. The molecule has 1 nitrogen and oxygen atoms in total. The lowest BCUT2D eigenvalue weighted by Gasteiger charge is -2.22. The lowest BCUT2D eigenvalue weighted by atomic mass is 9.94. The predicted octanol–water partition coefficient (Wildman–Crippen LogP) is 4.73. The molecule has 0 aliphatic rings. The zero-order chi connectivity index (χ0) is 14.7. The summed E-state index contributed by atoms with van der Waals surface area (Å²) in [4.78, 5) is 0. The number of hydrogen-bond acceptors (Lipinski definition) is 1. The maximum atomic E-state index is 13.5. The third-order valence-electron chi connectivity index (χ3n) is 3.23. The Labute approximate surface area is 126 Å². The van der Waals surface area contributed by atoms with Crippen LogP contribution in [0, 0.1) is 18.6 Å². The van der Waals surface area contributed by atoms with Crippen molar-refractivity contribution in [1.29, 1.82) is 0 Å². The van der Waals surface area contributed by atoms with Gasteiger partial charge in [-0.3, -0.25) is 0 Å². The van der Waals surface area contributed by atoms with Gasteiger partial charge in [-0.1, -0.05) is 28.9 Å². The van der Waals surface area contributed by atoms with E-state index in [-0.39, 0.29) is 17.7 Å². The quantitative estimate of drug-likeness (QED) is 0.848. The highest BCUT2D eigenvalue weighted by Gasteiger charge is 2.19. The Morgan fingerprint density at radius 2 is 1.65 bits per heavy atom. The van der Waals surface area contributed by atoms with Crippen LogP contribution in [-0.4, -0.2) is 6.54 Å². The van der Waals surface area contributed by atoms with E-state index in [0.29, 0.717) is 6.54 Å². The van der Waals surface area contributed by atoms with Crippen molar-refractivity contribution in [3.63, 3.8) is 0 Å². The van der Waals surface area contributed by atoms with Gasteiger partial charge in [-0.2, -0.15) is 0 Å². The van der Waals surface area contributed by atoms with E-state index < -0.39 is 0 Å². The molecule has 0 aliphatic carbocycles.